The van der Waals surface area contributed by atoms with Crippen molar-refractivity contribution in [3.05, 3.63) is 59.3 Å². The van der Waals surface area contributed by atoms with Gasteiger partial charge in [-0.15, -0.1) is 16.4 Å². The third-order valence-electron chi connectivity index (χ3n) is 5.09. The van der Waals surface area contributed by atoms with Gasteiger partial charge >= 0.3 is 0 Å². The van der Waals surface area contributed by atoms with E-state index in [9.17, 15) is 0 Å². The van der Waals surface area contributed by atoms with Crippen LogP contribution in [0.1, 0.15) is 17.1 Å². The van der Waals surface area contributed by atoms with Crippen molar-refractivity contribution >= 4 is 50.9 Å². The van der Waals surface area contributed by atoms with Gasteiger partial charge in [-0.25, -0.2) is 24.5 Å². The lowest BCUT2D eigenvalue weighted by molar-refractivity contribution is 0.489. The normalized spacial score (nSPS) is 11.9. The molecule has 0 fully saturated rings. The molecule has 0 spiro atoms. The zero-order valence-corrected chi connectivity index (χ0v) is 17.7. The number of rotatable bonds is 4. The Hall–Kier alpha value is -3.24. The van der Waals surface area contributed by atoms with Crippen LogP contribution in [0, 0.1) is 13.8 Å². The largest absolute Gasteiger partial charge is 0.431 e. The average molecular weight is 434 g/mol. The zero-order chi connectivity index (χ0) is 20.2. The molecule has 0 N–H and O–H groups in total. The van der Waals surface area contributed by atoms with Crippen molar-refractivity contribution in [1.82, 2.24) is 34.1 Å². The summed E-state index contributed by atoms with van der Waals surface area (Å²) in [6.07, 6.45) is 3.51. The van der Waals surface area contributed by atoms with Crippen LogP contribution in [0.5, 0.6) is 0 Å². The summed E-state index contributed by atoms with van der Waals surface area (Å²) < 4.78 is 9.60. The van der Waals surface area contributed by atoms with Crippen molar-refractivity contribution in [2.45, 2.75) is 24.8 Å². The molecule has 6 rings (SSSR count). The maximum Gasteiger partial charge on any atom is 0.257 e. The maximum absolute atomic E-state index is 5.78. The summed E-state index contributed by atoms with van der Waals surface area (Å²) in [5, 5.41) is 9.07. The van der Waals surface area contributed by atoms with Crippen LogP contribution in [0.3, 0.4) is 0 Å². The van der Waals surface area contributed by atoms with Gasteiger partial charge < -0.3 is 4.42 Å². The molecular formula is C20H15N7OS2. The van der Waals surface area contributed by atoms with Crippen molar-refractivity contribution in [3.8, 4) is 5.13 Å². The number of thioether (sulfide) groups is 1. The Morgan fingerprint density at radius 3 is 2.83 bits per heavy atom. The molecule has 148 valence electrons. The first kappa shape index (κ1) is 17.6. The summed E-state index contributed by atoms with van der Waals surface area (Å²) in [5.74, 6) is 1.26. The molecule has 0 radical (unpaired) electrons. The van der Waals surface area contributed by atoms with E-state index < -0.39 is 0 Å². The first-order chi connectivity index (χ1) is 14.7. The minimum absolute atomic E-state index is 0.557. The minimum Gasteiger partial charge on any atom is -0.431 e. The molecule has 0 bridgehead atoms. The van der Waals surface area contributed by atoms with Gasteiger partial charge in [-0.05, 0) is 31.5 Å². The van der Waals surface area contributed by atoms with E-state index in [1.165, 1.54) is 11.8 Å². The molecule has 6 aromatic rings. The third-order valence-corrected chi connectivity index (χ3v) is 6.67. The fraction of sp³-hybridized carbons (Fsp3) is 0.150. The fourth-order valence-electron chi connectivity index (χ4n) is 3.57. The second kappa shape index (κ2) is 6.64. The summed E-state index contributed by atoms with van der Waals surface area (Å²) in [5.41, 5.74) is 5.50. The van der Waals surface area contributed by atoms with E-state index in [4.69, 9.17) is 9.40 Å². The van der Waals surface area contributed by atoms with Gasteiger partial charge in [0.05, 0.1) is 11.1 Å². The molecule has 0 unspecified atom stereocenters. The fourth-order valence-corrected chi connectivity index (χ4v) is 4.95. The van der Waals surface area contributed by atoms with Gasteiger partial charge in [0.25, 0.3) is 5.22 Å². The molecule has 1 aromatic carbocycles. The number of hydrogen-bond acceptors (Lipinski definition) is 8. The van der Waals surface area contributed by atoms with Crippen molar-refractivity contribution in [1.29, 1.82) is 0 Å². The number of oxazole rings is 1. The van der Waals surface area contributed by atoms with Gasteiger partial charge in [-0.1, -0.05) is 23.9 Å². The van der Waals surface area contributed by atoms with Crippen LogP contribution in [-0.4, -0.2) is 34.1 Å². The third kappa shape index (κ3) is 2.64. The van der Waals surface area contributed by atoms with E-state index in [-0.39, 0.29) is 0 Å². The van der Waals surface area contributed by atoms with Crippen LogP contribution in [0.15, 0.2) is 51.8 Å². The average Bonchev–Trinajstić information content (AvgIpc) is 3.52. The van der Waals surface area contributed by atoms with E-state index in [0.29, 0.717) is 16.8 Å². The highest BCUT2D eigenvalue weighted by Crippen LogP contribution is 2.31. The van der Waals surface area contributed by atoms with E-state index in [0.717, 1.165) is 44.2 Å². The van der Waals surface area contributed by atoms with Crippen molar-refractivity contribution in [2.24, 2.45) is 0 Å². The number of aryl methyl sites for hydroxylation is 1. The first-order valence-corrected chi connectivity index (χ1v) is 11.2. The van der Waals surface area contributed by atoms with Gasteiger partial charge in [-0.3, -0.25) is 4.57 Å². The summed E-state index contributed by atoms with van der Waals surface area (Å²) >= 11 is 3.07. The predicted octanol–water partition coefficient (Wildman–Crippen LogP) is 4.58. The second-order valence-electron chi connectivity index (χ2n) is 6.84. The second-order valence-corrected chi connectivity index (χ2v) is 8.64. The number of thiazole rings is 1. The Morgan fingerprint density at radius 1 is 1.10 bits per heavy atom. The van der Waals surface area contributed by atoms with Gasteiger partial charge in [0, 0.05) is 17.3 Å². The number of aromatic nitrogens is 7. The lowest BCUT2D eigenvalue weighted by atomic mass is 10.2. The molecular weight excluding hydrogens is 418 g/mol. The predicted molar refractivity (Wildman–Crippen MR) is 116 cm³/mol. The summed E-state index contributed by atoms with van der Waals surface area (Å²) in [4.78, 5) is 18.4. The highest BCUT2D eigenvalue weighted by atomic mass is 32.2. The quantitative estimate of drug-likeness (QED) is 0.376. The molecule has 30 heavy (non-hydrogen) atoms. The van der Waals surface area contributed by atoms with Crippen LogP contribution in [0.2, 0.25) is 0 Å². The topological polar surface area (TPSA) is 86.9 Å². The first-order valence-electron chi connectivity index (χ1n) is 9.29. The van der Waals surface area contributed by atoms with Crippen LogP contribution < -0.4 is 0 Å². The SMILES string of the molecule is Cc1c(C)n(-c2nccs2)c2ncn3nc(CSc4nc5ccccc5o4)nc3c12. The van der Waals surface area contributed by atoms with E-state index in [1.54, 1.807) is 28.4 Å². The van der Waals surface area contributed by atoms with Crippen molar-refractivity contribution in [2.75, 3.05) is 0 Å². The molecule has 0 aliphatic heterocycles. The Bertz CT molecular complexity index is 1490. The van der Waals surface area contributed by atoms with Crippen LogP contribution >= 0.6 is 23.1 Å². The van der Waals surface area contributed by atoms with Gasteiger partial charge in [0.15, 0.2) is 27.8 Å². The van der Waals surface area contributed by atoms with E-state index in [2.05, 4.69) is 38.5 Å². The molecule has 5 heterocycles. The van der Waals surface area contributed by atoms with Crippen LogP contribution in [0.25, 0.3) is 32.9 Å². The minimum atomic E-state index is 0.557. The molecule has 0 atom stereocenters. The maximum atomic E-state index is 5.78. The highest BCUT2D eigenvalue weighted by Gasteiger charge is 2.20. The van der Waals surface area contributed by atoms with Gasteiger partial charge in [0.2, 0.25) is 0 Å². The van der Waals surface area contributed by atoms with E-state index in [1.807, 2.05) is 29.6 Å². The number of para-hydroxylation sites is 2. The van der Waals surface area contributed by atoms with Crippen LogP contribution in [-0.2, 0) is 5.75 Å². The van der Waals surface area contributed by atoms with Crippen LogP contribution in [0.4, 0.5) is 0 Å². The van der Waals surface area contributed by atoms with Gasteiger partial charge in [0.1, 0.15) is 11.8 Å². The number of nitrogens with zero attached hydrogens (tertiary/aromatic N) is 7. The number of fused-ring (bicyclic) bond motifs is 4. The molecule has 5 aromatic heterocycles. The summed E-state index contributed by atoms with van der Waals surface area (Å²) in [6, 6.07) is 7.73. The van der Waals surface area contributed by atoms with E-state index >= 15 is 0 Å². The molecule has 0 amide bonds. The lowest BCUT2D eigenvalue weighted by Crippen LogP contribution is -1.98. The smallest absolute Gasteiger partial charge is 0.257 e. The van der Waals surface area contributed by atoms with Crippen molar-refractivity contribution in [3.63, 3.8) is 0 Å². The van der Waals surface area contributed by atoms with Gasteiger partial charge in [-0.2, -0.15) is 0 Å². The molecule has 0 aliphatic carbocycles. The standard InChI is InChI=1S/C20H15N7OS2/c1-11-12(2)27(19-21-7-8-29-19)17-16(11)18-24-15(25-26(18)10-22-17)9-30-20-23-13-5-3-4-6-14(13)28-20/h3-8,10H,9H2,1-2H3. The molecule has 0 saturated carbocycles. The molecule has 10 heteroatoms. The molecule has 8 nitrogen and oxygen atoms in total. The highest BCUT2D eigenvalue weighted by molar-refractivity contribution is 7.98. The number of hydrogen-bond donors (Lipinski definition) is 0. The lowest BCUT2D eigenvalue weighted by Gasteiger charge is -2.02. The number of benzene rings is 1. The Morgan fingerprint density at radius 2 is 2.00 bits per heavy atom. The Labute approximate surface area is 178 Å². The monoisotopic (exact) mass is 433 g/mol. The molecule has 0 saturated heterocycles. The zero-order valence-electron chi connectivity index (χ0n) is 16.1. The summed E-state index contributed by atoms with van der Waals surface area (Å²) in [7, 11) is 0. The summed E-state index contributed by atoms with van der Waals surface area (Å²) in [6.45, 7) is 4.17. The Balaban J connectivity index is 1.40. The molecule has 0 aliphatic rings. The Kier molecular flexibility index (Phi) is 3.90. The van der Waals surface area contributed by atoms with Crippen molar-refractivity contribution < 1.29 is 4.42 Å².